The summed E-state index contributed by atoms with van der Waals surface area (Å²) in [5.41, 5.74) is 2.67. The number of hydrogen-bond donors (Lipinski definition) is 2. The Bertz CT molecular complexity index is 1150. The molecule has 0 bridgehead atoms. The van der Waals surface area contributed by atoms with Gasteiger partial charge in [-0.3, -0.25) is 4.79 Å². The number of Topliss-reactive ketones (excluding diaryl/α,β-unsaturated/α-hetero) is 1. The molecule has 0 amide bonds. The fourth-order valence-corrected chi connectivity index (χ4v) is 3.67. The van der Waals surface area contributed by atoms with Gasteiger partial charge in [0, 0.05) is 34.6 Å². The van der Waals surface area contributed by atoms with Gasteiger partial charge in [0.25, 0.3) is 0 Å². The topological polar surface area (TPSA) is 84.1 Å². The van der Waals surface area contributed by atoms with Crippen LogP contribution in [0, 0.1) is 0 Å². The standard InChI is InChI=1S/C22H19N3O3S/c1-14(20(26)17-12-23-18-10-6-5-9-16(17)18)28-21(27)19-13-29-22(25-19)24-11-15-7-3-2-4-8-15/h2-10,12-14,23H,11H2,1H3,(H,24,25)/t14-/m1/s1. The molecule has 0 saturated heterocycles. The van der Waals surface area contributed by atoms with Crippen molar-refractivity contribution in [3.8, 4) is 0 Å². The van der Waals surface area contributed by atoms with Crippen molar-refractivity contribution in [2.75, 3.05) is 5.32 Å². The summed E-state index contributed by atoms with van der Waals surface area (Å²) in [5, 5.41) is 6.24. The van der Waals surface area contributed by atoms with Gasteiger partial charge in [0.05, 0.1) is 0 Å². The fraction of sp³-hybridized carbons (Fsp3) is 0.136. The van der Waals surface area contributed by atoms with Gasteiger partial charge in [-0.2, -0.15) is 0 Å². The van der Waals surface area contributed by atoms with Crippen molar-refractivity contribution in [1.82, 2.24) is 9.97 Å². The molecule has 29 heavy (non-hydrogen) atoms. The van der Waals surface area contributed by atoms with Gasteiger partial charge in [0.15, 0.2) is 16.9 Å². The number of rotatable bonds is 7. The summed E-state index contributed by atoms with van der Waals surface area (Å²) >= 11 is 1.32. The van der Waals surface area contributed by atoms with Gasteiger partial charge in [0.2, 0.25) is 5.78 Å². The number of carbonyl (C=O) groups is 2. The number of anilines is 1. The van der Waals surface area contributed by atoms with E-state index in [1.807, 2.05) is 54.6 Å². The lowest BCUT2D eigenvalue weighted by Crippen LogP contribution is -2.24. The van der Waals surface area contributed by atoms with Gasteiger partial charge >= 0.3 is 5.97 Å². The minimum Gasteiger partial charge on any atom is -0.450 e. The Morgan fingerprint density at radius 3 is 2.72 bits per heavy atom. The molecule has 2 heterocycles. The number of fused-ring (bicyclic) bond motifs is 1. The Morgan fingerprint density at radius 1 is 1.14 bits per heavy atom. The Kier molecular flexibility index (Phi) is 5.39. The number of thiazole rings is 1. The van der Waals surface area contributed by atoms with E-state index in [0.717, 1.165) is 16.5 Å². The van der Waals surface area contributed by atoms with Crippen LogP contribution in [0.3, 0.4) is 0 Å². The zero-order valence-electron chi connectivity index (χ0n) is 15.7. The monoisotopic (exact) mass is 405 g/mol. The fourth-order valence-electron chi connectivity index (χ4n) is 2.99. The van der Waals surface area contributed by atoms with Crippen molar-refractivity contribution < 1.29 is 14.3 Å². The normalized spacial score (nSPS) is 11.9. The van der Waals surface area contributed by atoms with Crippen molar-refractivity contribution in [1.29, 1.82) is 0 Å². The number of hydrogen-bond acceptors (Lipinski definition) is 6. The van der Waals surface area contributed by atoms with Gasteiger partial charge in [-0.1, -0.05) is 48.5 Å². The third kappa shape index (κ3) is 4.20. The zero-order chi connectivity index (χ0) is 20.2. The minimum absolute atomic E-state index is 0.184. The predicted octanol–water partition coefficient (Wildman–Crippen LogP) is 4.66. The van der Waals surface area contributed by atoms with Crippen LogP contribution in [0.4, 0.5) is 5.13 Å². The summed E-state index contributed by atoms with van der Waals surface area (Å²) in [7, 11) is 0. The van der Waals surface area contributed by atoms with Crippen molar-refractivity contribution in [3.63, 3.8) is 0 Å². The van der Waals surface area contributed by atoms with E-state index in [-0.39, 0.29) is 11.5 Å². The molecule has 4 aromatic rings. The van der Waals surface area contributed by atoms with Crippen LogP contribution >= 0.6 is 11.3 Å². The number of aromatic amines is 1. The van der Waals surface area contributed by atoms with E-state index in [0.29, 0.717) is 17.2 Å². The molecular formula is C22H19N3O3S. The number of esters is 1. The van der Waals surface area contributed by atoms with Crippen LogP contribution in [0.1, 0.15) is 33.3 Å². The number of nitrogens with one attached hydrogen (secondary N) is 2. The molecule has 0 radical (unpaired) electrons. The Morgan fingerprint density at radius 2 is 1.90 bits per heavy atom. The lowest BCUT2D eigenvalue weighted by atomic mass is 10.1. The van der Waals surface area contributed by atoms with Gasteiger partial charge in [0.1, 0.15) is 0 Å². The van der Waals surface area contributed by atoms with E-state index in [4.69, 9.17) is 4.74 Å². The number of benzene rings is 2. The molecule has 1 atom stereocenters. The third-order valence-electron chi connectivity index (χ3n) is 4.51. The molecule has 0 fully saturated rings. The molecule has 6 nitrogen and oxygen atoms in total. The molecule has 2 N–H and O–H groups in total. The summed E-state index contributed by atoms with van der Waals surface area (Å²) in [6, 6.07) is 17.4. The van der Waals surface area contributed by atoms with Crippen LogP contribution < -0.4 is 5.32 Å². The van der Waals surface area contributed by atoms with Crippen molar-refractivity contribution in [3.05, 3.63) is 83.0 Å². The van der Waals surface area contributed by atoms with Crippen LogP contribution in [0.15, 0.2) is 66.2 Å². The van der Waals surface area contributed by atoms with Gasteiger partial charge in [-0.05, 0) is 18.6 Å². The van der Waals surface area contributed by atoms with Gasteiger partial charge in [-0.25, -0.2) is 9.78 Å². The number of aromatic nitrogens is 2. The first-order chi connectivity index (χ1) is 14.1. The van der Waals surface area contributed by atoms with Crippen molar-refractivity contribution >= 4 is 39.1 Å². The number of para-hydroxylation sites is 1. The number of ether oxygens (including phenoxy) is 1. The number of nitrogens with zero attached hydrogens (tertiary/aromatic N) is 1. The highest BCUT2D eigenvalue weighted by atomic mass is 32.1. The molecule has 4 rings (SSSR count). The average molecular weight is 405 g/mol. The number of ketones is 1. The maximum atomic E-state index is 12.7. The number of H-pyrrole nitrogens is 1. The van der Waals surface area contributed by atoms with E-state index >= 15 is 0 Å². The second kappa shape index (κ2) is 8.28. The molecule has 146 valence electrons. The highest BCUT2D eigenvalue weighted by Gasteiger charge is 2.24. The SMILES string of the molecule is C[C@@H](OC(=O)c1csc(NCc2ccccc2)n1)C(=O)c1c[nH]c2ccccc12. The summed E-state index contributed by atoms with van der Waals surface area (Å²) < 4.78 is 5.36. The second-order valence-electron chi connectivity index (χ2n) is 6.54. The van der Waals surface area contributed by atoms with E-state index in [2.05, 4.69) is 15.3 Å². The minimum atomic E-state index is -0.913. The highest BCUT2D eigenvalue weighted by Crippen LogP contribution is 2.21. The summed E-state index contributed by atoms with van der Waals surface area (Å²) in [4.78, 5) is 32.5. The van der Waals surface area contributed by atoms with Crippen LogP contribution in [-0.2, 0) is 11.3 Å². The first-order valence-corrected chi connectivity index (χ1v) is 10.0. The molecular weight excluding hydrogens is 386 g/mol. The lowest BCUT2D eigenvalue weighted by molar-refractivity contribution is 0.0314. The predicted molar refractivity (Wildman–Crippen MR) is 113 cm³/mol. The van der Waals surface area contributed by atoms with E-state index < -0.39 is 12.1 Å². The summed E-state index contributed by atoms with van der Waals surface area (Å²) in [6.07, 6.45) is 0.732. The van der Waals surface area contributed by atoms with E-state index in [1.165, 1.54) is 11.3 Å². The van der Waals surface area contributed by atoms with Crippen LogP contribution in [0.25, 0.3) is 10.9 Å². The smallest absolute Gasteiger partial charge is 0.358 e. The van der Waals surface area contributed by atoms with E-state index in [9.17, 15) is 9.59 Å². The molecule has 0 saturated carbocycles. The van der Waals surface area contributed by atoms with Crippen molar-refractivity contribution in [2.45, 2.75) is 19.6 Å². The first-order valence-electron chi connectivity index (χ1n) is 9.16. The molecule has 2 aromatic carbocycles. The van der Waals surface area contributed by atoms with Crippen LogP contribution in [0.5, 0.6) is 0 Å². The molecule has 0 unspecified atom stereocenters. The molecule has 0 aliphatic heterocycles. The zero-order valence-corrected chi connectivity index (χ0v) is 16.5. The molecule has 0 spiro atoms. The average Bonchev–Trinajstić information content (AvgIpc) is 3.40. The lowest BCUT2D eigenvalue weighted by Gasteiger charge is -2.10. The summed E-state index contributed by atoms with van der Waals surface area (Å²) in [5.74, 6) is -0.872. The molecule has 0 aliphatic carbocycles. The number of carbonyl (C=O) groups excluding carboxylic acids is 2. The van der Waals surface area contributed by atoms with Gasteiger partial charge < -0.3 is 15.0 Å². The highest BCUT2D eigenvalue weighted by molar-refractivity contribution is 7.13. The third-order valence-corrected chi connectivity index (χ3v) is 5.31. The maximum Gasteiger partial charge on any atom is 0.358 e. The second-order valence-corrected chi connectivity index (χ2v) is 7.39. The van der Waals surface area contributed by atoms with Crippen molar-refractivity contribution in [2.24, 2.45) is 0 Å². The molecule has 7 heteroatoms. The van der Waals surface area contributed by atoms with E-state index in [1.54, 1.807) is 18.5 Å². The first kappa shape index (κ1) is 18.9. The largest absolute Gasteiger partial charge is 0.450 e. The van der Waals surface area contributed by atoms with Crippen LogP contribution in [-0.4, -0.2) is 27.8 Å². The Balaban J connectivity index is 1.38. The summed E-state index contributed by atoms with van der Waals surface area (Å²) in [6.45, 7) is 2.18. The quantitative estimate of drug-likeness (QED) is 0.345. The molecule has 0 aliphatic rings. The Hall–Kier alpha value is -3.45. The van der Waals surface area contributed by atoms with Gasteiger partial charge in [-0.15, -0.1) is 11.3 Å². The Labute approximate surface area is 171 Å². The van der Waals surface area contributed by atoms with Crippen LogP contribution in [0.2, 0.25) is 0 Å². The maximum absolute atomic E-state index is 12.7. The molecule has 2 aromatic heterocycles.